The van der Waals surface area contributed by atoms with Crippen LogP contribution in [0.25, 0.3) is 5.69 Å². The van der Waals surface area contributed by atoms with Crippen molar-refractivity contribution in [2.24, 2.45) is 0 Å². The van der Waals surface area contributed by atoms with E-state index in [1.165, 1.54) is 0 Å². The van der Waals surface area contributed by atoms with Gasteiger partial charge in [0.25, 0.3) is 5.91 Å². The van der Waals surface area contributed by atoms with Crippen molar-refractivity contribution in [3.05, 3.63) is 65.0 Å². The van der Waals surface area contributed by atoms with Crippen LogP contribution in [0.2, 0.25) is 0 Å². The van der Waals surface area contributed by atoms with E-state index in [1.54, 1.807) is 4.68 Å². The van der Waals surface area contributed by atoms with E-state index >= 15 is 0 Å². The molecule has 0 saturated carbocycles. The molecular formula is C23H28N6O2. The number of amides is 1. The average Bonchev–Trinajstić information content (AvgIpc) is 3.22. The highest BCUT2D eigenvalue weighted by molar-refractivity contribution is 5.94. The van der Waals surface area contributed by atoms with Crippen molar-refractivity contribution in [1.82, 2.24) is 30.0 Å². The van der Waals surface area contributed by atoms with Gasteiger partial charge in [-0.3, -0.25) is 9.69 Å². The number of nitrogens with zero attached hydrogens (tertiary/aromatic N) is 6. The van der Waals surface area contributed by atoms with Gasteiger partial charge in [-0.05, 0) is 67.6 Å². The lowest BCUT2D eigenvalue weighted by Gasteiger charge is -2.34. The van der Waals surface area contributed by atoms with Crippen LogP contribution in [0.4, 0.5) is 0 Å². The van der Waals surface area contributed by atoms with Crippen LogP contribution >= 0.6 is 0 Å². The molecule has 0 N–H and O–H groups in total. The summed E-state index contributed by atoms with van der Waals surface area (Å²) in [6, 6.07) is 13.8. The van der Waals surface area contributed by atoms with Crippen LogP contribution in [0.1, 0.15) is 34.2 Å². The van der Waals surface area contributed by atoms with Gasteiger partial charge in [-0.2, -0.15) is 4.68 Å². The van der Waals surface area contributed by atoms with Crippen LogP contribution in [-0.2, 0) is 6.54 Å². The molecule has 2 heterocycles. The minimum absolute atomic E-state index is 0.102. The number of tetrazole rings is 1. The Balaban J connectivity index is 1.37. The molecule has 1 saturated heterocycles. The fourth-order valence-electron chi connectivity index (χ4n) is 3.94. The van der Waals surface area contributed by atoms with E-state index < -0.39 is 0 Å². The van der Waals surface area contributed by atoms with Gasteiger partial charge in [0.2, 0.25) is 0 Å². The minimum Gasteiger partial charge on any atom is -0.494 e. The smallest absolute Gasteiger partial charge is 0.253 e. The normalized spacial score (nSPS) is 14.6. The van der Waals surface area contributed by atoms with E-state index in [9.17, 15) is 4.79 Å². The first-order valence-corrected chi connectivity index (χ1v) is 10.6. The number of rotatable bonds is 6. The lowest BCUT2D eigenvalue weighted by molar-refractivity contribution is 0.0624. The van der Waals surface area contributed by atoms with Crippen LogP contribution in [-0.4, -0.2) is 68.7 Å². The second kappa shape index (κ2) is 9.26. The molecule has 1 aliphatic heterocycles. The van der Waals surface area contributed by atoms with Crippen LogP contribution < -0.4 is 4.74 Å². The molecule has 1 amide bonds. The van der Waals surface area contributed by atoms with Crippen molar-refractivity contribution in [1.29, 1.82) is 0 Å². The fraction of sp³-hybridized carbons (Fsp3) is 0.391. The Morgan fingerprint density at radius 3 is 2.32 bits per heavy atom. The molecule has 0 unspecified atom stereocenters. The Labute approximate surface area is 182 Å². The molecule has 3 aromatic rings. The molecular weight excluding hydrogens is 392 g/mol. The zero-order valence-electron chi connectivity index (χ0n) is 18.3. The van der Waals surface area contributed by atoms with Gasteiger partial charge in [0, 0.05) is 31.7 Å². The molecule has 0 atom stereocenters. The maximum atomic E-state index is 12.9. The zero-order valence-corrected chi connectivity index (χ0v) is 18.3. The largest absolute Gasteiger partial charge is 0.494 e. The number of benzene rings is 2. The first-order valence-electron chi connectivity index (χ1n) is 10.6. The Bertz CT molecular complexity index is 1020. The molecule has 2 aromatic carbocycles. The molecule has 31 heavy (non-hydrogen) atoms. The predicted octanol–water partition coefficient (Wildman–Crippen LogP) is 2.64. The van der Waals surface area contributed by atoms with E-state index in [2.05, 4.69) is 26.5 Å². The molecule has 0 bridgehead atoms. The summed E-state index contributed by atoms with van der Waals surface area (Å²) in [5, 5.41) is 12.2. The van der Waals surface area contributed by atoms with Crippen LogP contribution in [0, 0.1) is 13.8 Å². The molecule has 0 aliphatic carbocycles. The molecule has 1 aliphatic rings. The number of carbonyl (C=O) groups excluding carboxylic acids is 1. The Morgan fingerprint density at radius 2 is 1.68 bits per heavy atom. The minimum atomic E-state index is 0.102. The van der Waals surface area contributed by atoms with Crippen LogP contribution in [0.5, 0.6) is 5.75 Å². The first-order chi connectivity index (χ1) is 15.0. The third kappa shape index (κ3) is 4.91. The summed E-state index contributed by atoms with van der Waals surface area (Å²) in [4.78, 5) is 17.1. The quantitative estimate of drug-likeness (QED) is 0.610. The van der Waals surface area contributed by atoms with Gasteiger partial charge in [0.05, 0.1) is 18.8 Å². The Morgan fingerprint density at radius 1 is 1.00 bits per heavy atom. The van der Waals surface area contributed by atoms with Gasteiger partial charge in [0.15, 0.2) is 5.82 Å². The van der Waals surface area contributed by atoms with Gasteiger partial charge in [-0.15, -0.1) is 5.10 Å². The van der Waals surface area contributed by atoms with E-state index in [0.717, 1.165) is 47.0 Å². The molecule has 1 fully saturated rings. The lowest BCUT2D eigenvalue weighted by atomic mass is 10.1. The summed E-state index contributed by atoms with van der Waals surface area (Å²) in [6.07, 6.45) is 0. The highest BCUT2D eigenvalue weighted by atomic mass is 16.5. The van der Waals surface area contributed by atoms with Crippen molar-refractivity contribution in [3.8, 4) is 11.4 Å². The Kier molecular flexibility index (Phi) is 6.27. The lowest BCUT2D eigenvalue weighted by Crippen LogP contribution is -2.48. The van der Waals surface area contributed by atoms with Gasteiger partial charge in [0.1, 0.15) is 5.75 Å². The molecule has 8 nitrogen and oxygen atoms in total. The average molecular weight is 421 g/mol. The number of piperazine rings is 1. The number of hydrogen-bond acceptors (Lipinski definition) is 6. The molecule has 0 spiro atoms. The molecule has 8 heteroatoms. The monoisotopic (exact) mass is 420 g/mol. The highest BCUT2D eigenvalue weighted by Crippen LogP contribution is 2.17. The van der Waals surface area contributed by atoms with Crippen molar-refractivity contribution in [2.75, 3.05) is 32.8 Å². The number of hydrogen-bond donors (Lipinski definition) is 0. The molecule has 0 radical (unpaired) electrons. The summed E-state index contributed by atoms with van der Waals surface area (Å²) in [5.41, 5.74) is 3.89. The number of carbonyl (C=O) groups is 1. The number of aromatic nitrogens is 4. The van der Waals surface area contributed by atoms with Crippen LogP contribution in [0.15, 0.2) is 42.5 Å². The highest BCUT2D eigenvalue weighted by Gasteiger charge is 2.24. The third-order valence-electron chi connectivity index (χ3n) is 5.42. The van der Waals surface area contributed by atoms with Gasteiger partial charge >= 0.3 is 0 Å². The van der Waals surface area contributed by atoms with E-state index in [0.29, 0.717) is 26.2 Å². The summed E-state index contributed by atoms with van der Waals surface area (Å²) < 4.78 is 7.26. The summed E-state index contributed by atoms with van der Waals surface area (Å²) >= 11 is 0. The fourth-order valence-corrected chi connectivity index (χ4v) is 3.94. The SMILES string of the molecule is CCOc1ccc(-n2nnnc2CN2CCN(C(=O)c3cc(C)cc(C)c3)CC2)cc1. The van der Waals surface area contributed by atoms with Crippen molar-refractivity contribution >= 4 is 5.91 Å². The summed E-state index contributed by atoms with van der Waals surface area (Å²) in [7, 11) is 0. The maximum absolute atomic E-state index is 12.9. The van der Waals surface area contributed by atoms with E-state index in [1.807, 2.05) is 62.1 Å². The summed E-state index contributed by atoms with van der Waals surface area (Å²) in [5.74, 6) is 1.70. The molecule has 162 valence electrons. The van der Waals surface area contributed by atoms with Crippen LogP contribution in [0.3, 0.4) is 0 Å². The zero-order chi connectivity index (χ0) is 21.8. The number of ether oxygens (including phenoxy) is 1. The first kappa shape index (κ1) is 21.0. The van der Waals surface area contributed by atoms with Gasteiger partial charge in [-0.1, -0.05) is 17.2 Å². The summed E-state index contributed by atoms with van der Waals surface area (Å²) in [6.45, 7) is 10.2. The van der Waals surface area contributed by atoms with Gasteiger partial charge in [-0.25, -0.2) is 0 Å². The third-order valence-corrected chi connectivity index (χ3v) is 5.42. The maximum Gasteiger partial charge on any atom is 0.253 e. The second-order valence-corrected chi connectivity index (χ2v) is 7.88. The Hall–Kier alpha value is -3.26. The predicted molar refractivity (Wildman–Crippen MR) is 117 cm³/mol. The molecule has 4 rings (SSSR count). The van der Waals surface area contributed by atoms with E-state index in [-0.39, 0.29) is 5.91 Å². The van der Waals surface area contributed by atoms with Gasteiger partial charge < -0.3 is 9.64 Å². The topological polar surface area (TPSA) is 76.4 Å². The van der Waals surface area contributed by atoms with Crippen molar-refractivity contribution in [3.63, 3.8) is 0 Å². The van der Waals surface area contributed by atoms with E-state index in [4.69, 9.17) is 4.74 Å². The van der Waals surface area contributed by atoms with Crippen molar-refractivity contribution < 1.29 is 9.53 Å². The second-order valence-electron chi connectivity index (χ2n) is 7.88. The standard InChI is InChI=1S/C23H28N6O2/c1-4-31-21-7-5-20(6-8-21)29-22(24-25-26-29)16-27-9-11-28(12-10-27)23(30)19-14-17(2)13-18(3)15-19/h5-8,13-15H,4,9-12,16H2,1-3H3. The van der Waals surface area contributed by atoms with Crippen molar-refractivity contribution in [2.45, 2.75) is 27.3 Å². The number of aryl methyl sites for hydroxylation is 2. The molecule has 1 aromatic heterocycles.